The van der Waals surface area contributed by atoms with Crippen molar-refractivity contribution in [2.75, 3.05) is 6.54 Å². The molecule has 3 heterocycles. The molecule has 120 valence electrons. The molecule has 6 heteroatoms. The van der Waals surface area contributed by atoms with Crippen LogP contribution in [0.5, 0.6) is 0 Å². The topological polar surface area (TPSA) is 63.9 Å². The van der Waals surface area contributed by atoms with Gasteiger partial charge in [-0.2, -0.15) is 15.3 Å². The van der Waals surface area contributed by atoms with Gasteiger partial charge in [-0.3, -0.25) is 9.69 Å². The maximum absolute atomic E-state index is 12.1. The van der Waals surface area contributed by atoms with Crippen molar-refractivity contribution < 1.29 is 0 Å². The molecule has 0 radical (unpaired) electrons. The molecule has 0 amide bonds. The van der Waals surface area contributed by atoms with E-state index in [1.54, 1.807) is 16.9 Å². The number of hydrogen-bond acceptors (Lipinski definition) is 5. The maximum Gasteiger partial charge on any atom is 0.266 e. The van der Waals surface area contributed by atoms with Gasteiger partial charge >= 0.3 is 0 Å². The molecule has 6 nitrogen and oxygen atoms in total. The molecule has 1 aliphatic carbocycles. The maximum atomic E-state index is 12.1. The fourth-order valence-corrected chi connectivity index (χ4v) is 3.35. The zero-order chi connectivity index (χ0) is 15.6. The van der Waals surface area contributed by atoms with Crippen LogP contribution in [0, 0.1) is 0 Å². The van der Waals surface area contributed by atoms with E-state index in [-0.39, 0.29) is 5.56 Å². The second-order valence-electron chi connectivity index (χ2n) is 6.57. The molecule has 1 saturated heterocycles. The molecule has 0 aromatic carbocycles. The molecule has 23 heavy (non-hydrogen) atoms. The molecule has 1 atom stereocenters. The summed E-state index contributed by atoms with van der Waals surface area (Å²) in [5.74, 6) is 0.574. The molecule has 0 bridgehead atoms. The van der Waals surface area contributed by atoms with Gasteiger partial charge in [0, 0.05) is 30.8 Å². The monoisotopic (exact) mass is 311 g/mol. The summed E-state index contributed by atoms with van der Waals surface area (Å²) in [4.78, 5) is 14.6. The van der Waals surface area contributed by atoms with Crippen LogP contribution in [0.15, 0.2) is 35.4 Å². The van der Waals surface area contributed by atoms with E-state index in [0.29, 0.717) is 18.5 Å². The fourth-order valence-electron chi connectivity index (χ4n) is 3.35. The Bertz CT molecular complexity index is 725. The molecule has 0 N–H and O–H groups in total. The summed E-state index contributed by atoms with van der Waals surface area (Å²) in [6, 6.07) is 5.93. The number of likely N-dealkylation sites (tertiary alicyclic amines) is 1. The van der Waals surface area contributed by atoms with E-state index >= 15 is 0 Å². The van der Waals surface area contributed by atoms with Crippen molar-refractivity contribution in [2.24, 2.45) is 0 Å². The van der Waals surface area contributed by atoms with Crippen LogP contribution in [-0.2, 0) is 13.1 Å². The summed E-state index contributed by atoms with van der Waals surface area (Å²) >= 11 is 0. The third kappa shape index (κ3) is 3.32. The van der Waals surface area contributed by atoms with E-state index < -0.39 is 0 Å². The van der Waals surface area contributed by atoms with Crippen LogP contribution in [0.4, 0.5) is 0 Å². The minimum atomic E-state index is 0.00632. The van der Waals surface area contributed by atoms with Crippen molar-refractivity contribution in [1.29, 1.82) is 0 Å². The summed E-state index contributed by atoms with van der Waals surface area (Å²) in [7, 11) is 0. The number of aromatic nitrogens is 4. The number of hydrogen-bond donors (Lipinski definition) is 0. The third-order valence-electron chi connectivity index (χ3n) is 4.80. The zero-order valence-electron chi connectivity index (χ0n) is 13.1. The normalized spacial score (nSPS) is 21.7. The first-order valence-electron chi connectivity index (χ1n) is 8.37. The summed E-state index contributed by atoms with van der Waals surface area (Å²) < 4.78 is 1.67. The lowest BCUT2D eigenvalue weighted by Gasteiger charge is -2.24. The van der Waals surface area contributed by atoms with Crippen LogP contribution in [0.1, 0.15) is 42.9 Å². The van der Waals surface area contributed by atoms with Gasteiger partial charge in [0.15, 0.2) is 0 Å². The third-order valence-corrected chi connectivity index (χ3v) is 4.80. The molecule has 2 aliphatic rings. The van der Waals surface area contributed by atoms with Gasteiger partial charge in [0.25, 0.3) is 5.56 Å². The Morgan fingerprint density at radius 3 is 2.83 bits per heavy atom. The van der Waals surface area contributed by atoms with Gasteiger partial charge < -0.3 is 0 Å². The zero-order valence-corrected chi connectivity index (χ0v) is 13.1. The van der Waals surface area contributed by atoms with E-state index in [2.05, 4.69) is 20.2 Å². The lowest BCUT2D eigenvalue weighted by Crippen LogP contribution is -2.36. The first-order chi connectivity index (χ1) is 11.3. The Hall–Kier alpha value is -2.08. The predicted molar refractivity (Wildman–Crippen MR) is 85.9 cm³/mol. The van der Waals surface area contributed by atoms with Crippen LogP contribution >= 0.6 is 0 Å². The molecular weight excluding hydrogens is 290 g/mol. The molecule has 0 spiro atoms. The van der Waals surface area contributed by atoms with Crippen LogP contribution in [0.3, 0.4) is 0 Å². The van der Waals surface area contributed by atoms with Gasteiger partial charge in [-0.1, -0.05) is 0 Å². The fraction of sp³-hybridized carbons (Fsp3) is 0.529. The first-order valence-corrected chi connectivity index (χ1v) is 8.37. The summed E-state index contributed by atoms with van der Waals surface area (Å²) in [5.41, 5.74) is 2.25. The highest BCUT2D eigenvalue weighted by atomic mass is 16.1. The van der Waals surface area contributed by atoms with E-state index in [4.69, 9.17) is 0 Å². The van der Waals surface area contributed by atoms with Crippen LogP contribution < -0.4 is 5.56 Å². The highest BCUT2D eigenvalue weighted by Crippen LogP contribution is 2.38. The van der Waals surface area contributed by atoms with Gasteiger partial charge in [-0.15, -0.1) is 0 Å². The lowest BCUT2D eigenvalue weighted by atomic mass is 10.2. The van der Waals surface area contributed by atoms with Crippen LogP contribution in [0.2, 0.25) is 0 Å². The van der Waals surface area contributed by atoms with Crippen molar-refractivity contribution in [3.63, 3.8) is 0 Å². The summed E-state index contributed by atoms with van der Waals surface area (Å²) in [6.07, 6.45) is 8.23. The van der Waals surface area contributed by atoms with E-state index in [0.717, 1.165) is 25.2 Å². The lowest BCUT2D eigenvalue weighted by molar-refractivity contribution is 0.216. The number of nitrogens with zero attached hydrogens (tertiary/aromatic N) is 5. The first kappa shape index (κ1) is 14.5. The van der Waals surface area contributed by atoms with Crippen molar-refractivity contribution in [3.8, 4) is 0 Å². The largest absolute Gasteiger partial charge is 0.294 e. The van der Waals surface area contributed by atoms with Crippen LogP contribution in [-0.4, -0.2) is 37.5 Å². The molecular formula is C17H21N5O. The Balaban J connectivity index is 1.49. The molecule has 2 aromatic heterocycles. The minimum absolute atomic E-state index is 0.00632. The van der Waals surface area contributed by atoms with Gasteiger partial charge in [-0.05, 0) is 49.9 Å². The second-order valence-corrected chi connectivity index (χ2v) is 6.57. The standard InChI is InChI=1S/C17H21N5O/c23-17-6-5-16(14-3-4-14)20-22(17)12-15-2-1-9-21(15)11-13-7-8-18-19-10-13/h5-8,10,14-15H,1-4,9,11-12H2. The molecule has 4 rings (SSSR count). The van der Waals surface area contributed by atoms with Gasteiger partial charge in [0.1, 0.15) is 0 Å². The Morgan fingerprint density at radius 1 is 1.13 bits per heavy atom. The molecule has 2 fully saturated rings. The Kier molecular flexibility index (Phi) is 3.91. The number of rotatable bonds is 5. The SMILES string of the molecule is O=c1ccc(C2CC2)nn1CC1CCCN1Cc1ccnnc1. The van der Waals surface area contributed by atoms with Crippen molar-refractivity contribution in [1.82, 2.24) is 24.9 Å². The van der Waals surface area contributed by atoms with E-state index in [9.17, 15) is 4.79 Å². The summed E-state index contributed by atoms with van der Waals surface area (Å²) in [5, 5.41) is 12.4. The van der Waals surface area contributed by atoms with Crippen molar-refractivity contribution in [2.45, 2.75) is 50.7 Å². The van der Waals surface area contributed by atoms with Gasteiger partial charge in [0.05, 0.1) is 18.4 Å². The van der Waals surface area contributed by atoms with Crippen LogP contribution in [0.25, 0.3) is 0 Å². The van der Waals surface area contributed by atoms with Gasteiger partial charge in [-0.25, -0.2) is 4.68 Å². The highest BCUT2D eigenvalue weighted by molar-refractivity contribution is 5.12. The van der Waals surface area contributed by atoms with E-state index in [1.807, 2.05) is 18.3 Å². The predicted octanol–water partition coefficient (Wildman–Crippen LogP) is 1.58. The molecule has 2 aromatic rings. The summed E-state index contributed by atoms with van der Waals surface area (Å²) in [6.45, 7) is 2.60. The highest BCUT2D eigenvalue weighted by Gasteiger charge is 2.28. The second kappa shape index (κ2) is 6.20. The molecule has 1 unspecified atom stereocenters. The molecule has 1 saturated carbocycles. The van der Waals surface area contributed by atoms with Crippen molar-refractivity contribution in [3.05, 3.63) is 52.2 Å². The van der Waals surface area contributed by atoms with Crippen molar-refractivity contribution >= 4 is 0 Å². The Labute approximate surface area is 135 Å². The average molecular weight is 311 g/mol. The average Bonchev–Trinajstić information content (AvgIpc) is 3.33. The molecule has 1 aliphatic heterocycles. The Morgan fingerprint density at radius 2 is 2.04 bits per heavy atom. The quantitative estimate of drug-likeness (QED) is 0.839. The van der Waals surface area contributed by atoms with Gasteiger partial charge in [0.2, 0.25) is 0 Å². The van der Waals surface area contributed by atoms with E-state index in [1.165, 1.54) is 24.8 Å². The minimum Gasteiger partial charge on any atom is -0.294 e. The smallest absolute Gasteiger partial charge is 0.266 e.